The SMILES string of the molecule is CC(C)C[C@@H](CO)N[C@@H](c1cccc(Br)c1)C(F)(F)F. The second kappa shape index (κ2) is 7.43. The predicted octanol–water partition coefficient (Wildman–Crippen LogP) is 4.05. The van der Waals surface area contributed by atoms with Gasteiger partial charge in [-0.3, -0.25) is 5.32 Å². The molecule has 1 rings (SSSR count). The topological polar surface area (TPSA) is 32.3 Å². The lowest BCUT2D eigenvalue weighted by Crippen LogP contribution is -2.43. The van der Waals surface area contributed by atoms with E-state index in [0.29, 0.717) is 10.9 Å². The van der Waals surface area contributed by atoms with Crippen molar-refractivity contribution in [2.24, 2.45) is 5.92 Å². The first-order chi connectivity index (χ1) is 9.24. The van der Waals surface area contributed by atoms with E-state index in [9.17, 15) is 18.3 Å². The van der Waals surface area contributed by atoms with E-state index in [0.717, 1.165) is 0 Å². The molecule has 6 heteroatoms. The molecule has 0 aliphatic rings. The van der Waals surface area contributed by atoms with Crippen LogP contribution in [0, 0.1) is 5.92 Å². The summed E-state index contributed by atoms with van der Waals surface area (Å²) in [5.74, 6) is 0.205. The van der Waals surface area contributed by atoms with E-state index < -0.39 is 18.3 Å². The van der Waals surface area contributed by atoms with Gasteiger partial charge in [-0.25, -0.2) is 0 Å². The molecule has 0 saturated carbocycles. The van der Waals surface area contributed by atoms with Crippen molar-refractivity contribution in [3.05, 3.63) is 34.3 Å². The van der Waals surface area contributed by atoms with Gasteiger partial charge in [0.2, 0.25) is 0 Å². The lowest BCUT2D eigenvalue weighted by Gasteiger charge is -2.28. The third kappa shape index (κ3) is 5.42. The summed E-state index contributed by atoms with van der Waals surface area (Å²) < 4.78 is 40.2. The summed E-state index contributed by atoms with van der Waals surface area (Å²) in [4.78, 5) is 0. The van der Waals surface area contributed by atoms with Crippen molar-refractivity contribution >= 4 is 15.9 Å². The molecule has 0 amide bonds. The molecule has 0 fully saturated rings. The van der Waals surface area contributed by atoms with E-state index in [1.807, 2.05) is 13.8 Å². The van der Waals surface area contributed by atoms with Crippen molar-refractivity contribution in [2.45, 2.75) is 38.5 Å². The van der Waals surface area contributed by atoms with Crippen LogP contribution in [0.2, 0.25) is 0 Å². The molecule has 0 aliphatic carbocycles. The van der Waals surface area contributed by atoms with Gasteiger partial charge in [-0.2, -0.15) is 13.2 Å². The largest absolute Gasteiger partial charge is 0.407 e. The van der Waals surface area contributed by atoms with Gasteiger partial charge in [0.15, 0.2) is 0 Å². The molecule has 0 heterocycles. The van der Waals surface area contributed by atoms with Crippen molar-refractivity contribution in [1.82, 2.24) is 5.32 Å². The molecule has 0 radical (unpaired) electrons. The number of nitrogens with one attached hydrogen (secondary N) is 1. The molecule has 0 aliphatic heterocycles. The van der Waals surface area contributed by atoms with Crippen LogP contribution in [-0.4, -0.2) is 23.9 Å². The molecule has 0 bridgehead atoms. The highest BCUT2D eigenvalue weighted by atomic mass is 79.9. The Labute approximate surface area is 125 Å². The van der Waals surface area contributed by atoms with Gasteiger partial charge in [-0.1, -0.05) is 41.9 Å². The molecule has 2 atom stereocenters. The molecular weight excluding hydrogens is 335 g/mol. The summed E-state index contributed by atoms with van der Waals surface area (Å²) in [5.41, 5.74) is 0.133. The van der Waals surface area contributed by atoms with Gasteiger partial charge in [-0.05, 0) is 30.0 Å². The Morgan fingerprint density at radius 1 is 1.30 bits per heavy atom. The van der Waals surface area contributed by atoms with Crippen LogP contribution >= 0.6 is 15.9 Å². The summed E-state index contributed by atoms with van der Waals surface area (Å²) in [6.07, 6.45) is -3.93. The predicted molar refractivity (Wildman–Crippen MR) is 76.4 cm³/mol. The smallest absolute Gasteiger partial charge is 0.395 e. The molecule has 0 saturated heterocycles. The highest BCUT2D eigenvalue weighted by molar-refractivity contribution is 9.10. The van der Waals surface area contributed by atoms with Gasteiger partial charge in [-0.15, -0.1) is 0 Å². The zero-order valence-corrected chi connectivity index (χ0v) is 13.0. The first-order valence-corrected chi connectivity index (χ1v) is 7.22. The minimum atomic E-state index is -4.41. The van der Waals surface area contributed by atoms with Crippen LogP contribution in [0.25, 0.3) is 0 Å². The molecule has 114 valence electrons. The van der Waals surface area contributed by atoms with Gasteiger partial charge in [0.05, 0.1) is 6.61 Å². The van der Waals surface area contributed by atoms with Gasteiger partial charge in [0.1, 0.15) is 6.04 Å². The molecule has 0 unspecified atom stereocenters. The molecule has 2 N–H and O–H groups in total. The lowest BCUT2D eigenvalue weighted by molar-refractivity contribution is -0.160. The molecule has 0 aromatic heterocycles. The average Bonchev–Trinajstić information content (AvgIpc) is 2.32. The molecule has 20 heavy (non-hydrogen) atoms. The number of hydrogen-bond acceptors (Lipinski definition) is 2. The number of alkyl halides is 3. The molecule has 1 aromatic carbocycles. The van der Waals surface area contributed by atoms with E-state index in [4.69, 9.17) is 0 Å². The summed E-state index contributed by atoms with van der Waals surface area (Å²) in [6, 6.07) is 3.75. The Bertz CT molecular complexity index is 423. The first kappa shape index (κ1) is 17.5. The van der Waals surface area contributed by atoms with Gasteiger partial charge < -0.3 is 5.11 Å². The van der Waals surface area contributed by atoms with Crippen molar-refractivity contribution in [3.63, 3.8) is 0 Å². The maximum Gasteiger partial charge on any atom is 0.407 e. The monoisotopic (exact) mass is 353 g/mol. The normalized spacial score (nSPS) is 15.4. The summed E-state index contributed by atoms with van der Waals surface area (Å²) in [5, 5.41) is 11.8. The quantitative estimate of drug-likeness (QED) is 0.808. The number of hydrogen-bond donors (Lipinski definition) is 2. The lowest BCUT2D eigenvalue weighted by atomic mass is 10.0. The number of benzene rings is 1. The van der Waals surface area contributed by atoms with Gasteiger partial charge in [0.25, 0.3) is 0 Å². The summed E-state index contributed by atoms with van der Waals surface area (Å²) in [7, 11) is 0. The molecular formula is C14H19BrF3NO. The fourth-order valence-corrected chi connectivity index (χ4v) is 2.48. The van der Waals surface area contributed by atoms with Gasteiger partial charge >= 0.3 is 6.18 Å². The molecule has 1 aromatic rings. The maximum absolute atomic E-state index is 13.2. The fourth-order valence-electron chi connectivity index (χ4n) is 2.07. The van der Waals surface area contributed by atoms with Crippen LogP contribution in [0.1, 0.15) is 31.9 Å². The zero-order valence-electron chi connectivity index (χ0n) is 11.4. The highest BCUT2D eigenvalue weighted by Gasteiger charge is 2.41. The highest BCUT2D eigenvalue weighted by Crippen LogP contribution is 2.34. The van der Waals surface area contributed by atoms with Crippen LogP contribution in [0.5, 0.6) is 0 Å². The van der Waals surface area contributed by atoms with Crippen molar-refractivity contribution < 1.29 is 18.3 Å². The Morgan fingerprint density at radius 2 is 1.95 bits per heavy atom. The standard InChI is InChI=1S/C14H19BrF3NO/c1-9(2)6-12(8-20)19-13(14(16,17)18)10-4-3-5-11(15)7-10/h3-5,7,9,12-13,19-20H,6,8H2,1-2H3/t12-,13-/m0/s1. The third-order valence-electron chi connectivity index (χ3n) is 2.89. The summed E-state index contributed by atoms with van der Waals surface area (Å²) in [6.45, 7) is 3.50. The van der Waals surface area contributed by atoms with E-state index in [1.165, 1.54) is 12.1 Å². The average molecular weight is 354 g/mol. The number of aliphatic hydroxyl groups is 1. The Morgan fingerprint density at radius 3 is 2.40 bits per heavy atom. The van der Waals surface area contributed by atoms with E-state index in [-0.39, 0.29) is 18.1 Å². The van der Waals surface area contributed by atoms with E-state index in [1.54, 1.807) is 12.1 Å². The number of aliphatic hydroxyl groups excluding tert-OH is 1. The molecule has 2 nitrogen and oxygen atoms in total. The fraction of sp³-hybridized carbons (Fsp3) is 0.571. The number of rotatable bonds is 6. The Kier molecular flexibility index (Phi) is 6.48. The second-order valence-corrected chi connectivity index (χ2v) is 6.12. The van der Waals surface area contributed by atoms with Crippen LogP contribution in [0.15, 0.2) is 28.7 Å². The van der Waals surface area contributed by atoms with E-state index >= 15 is 0 Å². The van der Waals surface area contributed by atoms with E-state index in [2.05, 4.69) is 21.2 Å². The van der Waals surface area contributed by atoms with Crippen molar-refractivity contribution in [1.29, 1.82) is 0 Å². The maximum atomic E-state index is 13.2. The first-order valence-electron chi connectivity index (χ1n) is 6.43. The minimum absolute atomic E-state index is 0.133. The van der Waals surface area contributed by atoms with Crippen LogP contribution in [-0.2, 0) is 0 Å². The Hall–Kier alpha value is -0.590. The van der Waals surface area contributed by atoms with Crippen molar-refractivity contribution in [2.75, 3.05) is 6.61 Å². The van der Waals surface area contributed by atoms with Crippen LogP contribution < -0.4 is 5.32 Å². The van der Waals surface area contributed by atoms with Crippen LogP contribution in [0.3, 0.4) is 0 Å². The molecule has 0 spiro atoms. The number of halogens is 4. The second-order valence-electron chi connectivity index (χ2n) is 5.21. The van der Waals surface area contributed by atoms with Gasteiger partial charge in [0, 0.05) is 10.5 Å². The summed E-state index contributed by atoms with van der Waals surface area (Å²) >= 11 is 3.18. The van der Waals surface area contributed by atoms with Crippen molar-refractivity contribution in [3.8, 4) is 0 Å². The zero-order chi connectivity index (χ0) is 15.3. The Balaban J connectivity index is 2.96. The van der Waals surface area contributed by atoms with Crippen LogP contribution in [0.4, 0.5) is 13.2 Å². The minimum Gasteiger partial charge on any atom is -0.395 e. The third-order valence-corrected chi connectivity index (χ3v) is 3.38.